The first-order valence-corrected chi connectivity index (χ1v) is 21.8. The summed E-state index contributed by atoms with van der Waals surface area (Å²) in [7, 11) is 0. The normalized spacial score (nSPS) is 12.1. The predicted molar refractivity (Wildman–Crippen MR) is 266 cm³/mol. The molecule has 0 saturated carbocycles. The van der Waals surface area contributed by atoms with Crippen molar-refractivity contribution >= 4 is 87.5 Å². The third-order valence-corrected chi connectivity index (χ3v) is 13.3. The van der Waals surface area contributed by atoms with E-state index in [1.807, 2.05) is 24.3 Å². The molecule has 14 aromatic rings. The number of furan rings is 2. The second-order valence-electron chi connectivity index (χ2n) is 16.9. The summed E-state index contributed by atoms with van der Waals surface area (Å²) in [6, 6.07) is 78.8. The quantitative estimate of drug-likeness (QED) is 0.173. The van der Waals surface area contributed by atoms with Gasteiger partial charge < -0.3 is 18.0 Å². The molecule has 0 aliphatic heterocycles. The van der Waals surface area contributed by atoms with Crippen LogP contribution in [0.5, 0.6) is 0 Å². The van der Waals surface area contributed by atoms with Gasteiger partial charge in [0.15, 0.2) is 0 Å². The molecule has 0 saturated heterocycles. The maximum atomic E-state index is 6.29. The van der Waals surface area contributed by atoms with Crippen LogP contribution >= 0.6 is 0 Å². The van der Waals surface area contributed by atoms with Crippen LogP contribution in [0.4, 0.5) is 0 Å². The van der Waals surface area contributed by atoms with Gasteiger partial charge in [0.05, 0.1) is 22.1 Å². The third-order valence-electron chi connectivity index (χ3n) is 13.3. The van der Waals surface area contributed by atoms with Crippen LogP contribution in [0.1, 0.15) is 0 Å². The van der Waals surface area contributed by atoms with Gasteiger partial charge in [-0.2, -0.15) is 0 Å². The van der Waals surface area contributed by atoms with Crippen molar-refractivity contribution in [3.8, 4) is 44.8 Å². The highest BCUT2D eigenvalue weighted by Gasteiger charge is 2.19. The van der Waals surface area contributed by atoms with E-state index in [2.05, 4.69) is 203 Å². The Labute approximate surface area is 367 Å². The van der Waals surface area contributed by atoms with Crippen molar-refractivity contribution in [2.75, 3.05) is 0 Å². The van der Waals surface area contributed by atoms with Gasteiger partial charge in [0, 0.05) is 54.5 Å². The van der Waals surface area contributed by atoms with E-state index >= 15 is 0 Å². The molecule has 0 N–H and O–H groups in total. The molecular weight excluding hydrogens is 781 g/mol. The number of para-hydroxylation sites is 2. The zero-order chi connectivity index (χ0) is 41.9. The molecule has 0 aliphatic carbocycles. The van der Waals surface area contributed by atoms with E-state index in [9.17, 15) is 0 Å². The van der Waals surface area contributed by atoms with E-state index in [0.717, 1.165) is 88.4 Å². The molecule has 0 amide bonds. The highest BCUT2D eigenvalue weighted by Crippen LogP contribution is 2.42. The van der Waals surface area contributed by atoms with Crippen molar-refractivity contribution in [2.45, 2.75) is 0 Å². The van der Waals surface area contributed by atoms with Crippen molar-refractivity contribution in [2.24, 2.45) is 0 Å². The molecule has 4 nitrogen and oxygen atoms in total. The molecule has 14 rings (SSSR count). The van der Waals surface area contributed by atoms with Gasteiger partial charge in [0.1, 0.15) is 22.3 Å². The zero-order valence-electron chi connectivity index (χ0n) is 34.5. The van der Waals surface area contributed by atoms with Crippen LogP contribution < -0.4 is 0 Å². The fourth-order valence-corrected chi connectivity index (χ4v) is 10.3. The summed E-state index contributed by atoms with van der Waals surface area (Å²) < 4.78 is 17.4. The number of fused-ring (bicyclic) bond motifs is 12. The van der Waals surface area contributed by atoms with Crippen molar-refractivity contribution in [3.05, 3.63) is 218 Å². The van der Waals surface area contributed by atoms with Gasteiger partial charge in [-0.3, -0.25) is 0 Å². The third kappa shape index (κ3) is 5.23. The molecule has 298 valence electrons. The summed E-state index contributed by atoms with van der Waals surface area (Å²) in [6.07, 6.45) is 0. The largest absolute Gasteiger partial charge is 0.456 e. The molecule has 0 unspecified atom stereocenters. The first-order valence-electron chi connectivity index (χ1n) is 21.8. The number of hydrogen-bond acceptors (Lipinski definition) is 2. The second kappa shape index (κ2) is 13.4. The predicted octanol–water partition coefficient (Wildman–Crippen LogP) is 16.7. The van der Waals surface area contributed by atoms with Crippen molar-refractivity contribution in [1.29, 1.82) is 0 Å². The minimum Gasteiger partial charge on any atom is -0.456 e. The second-order valence-corrected chi connectivity index (χ2v) is 16.9. The van der Waals surface area contributed by atoms with Gasteiger partial charge in [-0.15, -0.1) is 0 Å². The number of nitrogens with zero attached hydrogens (tertiary/aromatic N) is 2. The van der Waals surface area contributed by atoms with Gasteiger partial charge >= 0.3 is 0 Å². The Bertz CT molecular complexity index is 3910. The minimum atomic E-state index is 0.887. The Morgan fingerprint density at radius 1 is 0.219 bits per heavy atom. The van der Waals surface area contributed by atoms with Crippen LogP contribution in [-0.4, -0.2) is 9.13 Å². The SMILES string of the molecule is c1ccc(-c2ccc3c(c2)c2ccc(-c4ccc5c6cc(-c7ccccc7)ccc6n(-c6ccc7oc8ccccc8c7c6)c5c4)cc2n3-c2ccc3oc4ccccc4c3c2)cc1. The first kappa shape index (κ1) is 35.0. The fraction of sp³-hybridized carbons (Fsp3) is 0. The Morgan fingerprint density at radius 2 is 0.609 bits per heavy atom. The van der Waals surface area contributed by atoms with Crippen LogP contribution in [0, 0.1) is 0 Å². The molecule has 0 radical (unpaired) electrons. The highest BCUT2D eigenvalue weighted by atomic mass is 16.3. The lowest BCUT2D eigenvalue weighted by Gasteiger charge is -2.11. The average molecular weight is 817 g/mol. The minimum absolute atomic E-state index is 0.887. The standard InChI is InChI=1S/C60H36N2O2/c1-3-11-37(12-4-1)39-21-27-53-49(31-39)45-25-19-41(33-55(45)61(53)43-23-29-59-51(35-43)47-15-7-9-17-57(47)63-59)42-20-26-46-50-32-40(38-13-5-2-6-14-38)22-28-54(50)62(56(46)34-42)44-24-30-60-52(36-44)48-16-8-10-18-58(48)64-60/h1-36H. The lowest BCUT2D eigenvalue weighted by Crippen LogP contribution is -1.95. The molecule has 0 bridgehead atoms. The van der Waals surface area contributed by atoms with Crippen LogP contribution in [-0.2, 0) is 0 Å². The summed E-state index contributed by atoms with van der Waals surface area (Å²) in [6.45, 7) is 0. The molecule has 64 heavy (non-hydrogen) atoms. The Balaban J connectivity index is 1.00. The Hall–Kier alpha value is -8.60. The molecule has 0 fully saturated rings. The maximum Gasteiger partial charge on any atom is 0.135 e. The molecule has 10 aromatic carbocycles. The summed E-state index contributed by atoms with van der Waals surface area (Å²) in [5.74, 6) is 0. The Morgan fingerprint density at radius 3 is 1.08 bits per heavy atom. The Kier molecular flexibility index (Phi) is 7.36. The fourth-order valence-electron chi connectivity index (χ4n) is 10.3. The number of rotatable bonds is 5. The van der Waals surface area contributed by atoms with Gasteiger partial charge in [0.25, 0.3) is 0 Å². The van der Waals surface area contributed by atoms with Gasteiger partial charge in [-0.1, -0.05) is 133 Å². The molecule has 4 heterocycles. The number of hydrogen-bond donors (Lipinski definition) is 0. The zero-order valence-corrected chi connectivity index (χ0v) is 34.5. The molecule has 0 spiro atoms. The topological polar surface area (TPSA) is 36.1 Å². The lowest BCUT2D eigenvalue weighted by atomic mass is 9.99. The average Bonchev–Trinajstić information content (AvgIpc) is 4.11. The van der Waals surface area contributed by atoms with Crippen molar-refractivity contribution in [1.82, 2.24) is 9.13 Å². The molecule has 4 aromatic heterocycles. The monoisotopic (exact) mass is 816 g/mol. The maximum absolute atomic E-state index is 6.29. The van der Waals surface area contributed by atoms with E-state index in [4.69, 9.17) is 8.83 Å². The summed E-state index contributed by atoms with van der Waals surface area (Å²) in [5, 5.41) is 9.29. The summed E-state index contributed by atoms with van der Waals surface area (Å²) in [4.78, 5) is 0. The van der Waals surface area contributed by atoms with E-state index in [1.54, 1.807) is 0 Å². The van der Waals surface area contributed by atoms with Crippen molar-refractivity contribution in [3.63, 3.8) is 0 Å². The first-order chi connectivity index (χ1) is 31.7. The smallest absolute Gasteiger partial charge is 0.135 e. The number of benzene rings is 10. The van der Waals surface area contributed by atoms with Crippen LogP contribution in [0.25, 0.3) is 132 Å². The number of aromatic nitrogens is 2. The van der Waals surface area contributed by atoms with E-state index < -0.39 is 0 Å². The van der Waals surface area contributed by atoms with Crippen LogP contribution in [0.15, 0.2) is 227 Å². The van der Waals surface area contributed by atoms with Crippen LogP contribution in [0.2, 0.25) is 0 Å². The van der Waals surface area contributed by atoms with Gasteiger partial charge in [0.2, 0.25) is 0 Å². The van der Waals surface area contributed by atoms with E-state index in [1.165, 1.54) is 43.8 Å². The summed E-state index contributed by atoms with van der Waals surface area (Å²) in [5.41, 5.74) is 17.5. The summed E-state index contributed by atoms with van der Waals surface area (Å²) >= 11 is 0. The van der Waals surface area contributed by atoms with Crippen molar-refractivity contribution < 1.29 is 8.83 Å². The van der Waals surface area contributed by atoms with E-state index in [0.29, 0.717) is 0 Å². The van der Waals surface area contributed by atoms with Crippen LogP contribution in [0.3, 0.4) is 0 Å². The lowest BCUT2D eigenvalue weighted by molar-refractivity contribution is 0.668. The van der Waals surface area contributed by atoms with E-state index in [-0.39, 0.29) is 0 Å². The van der Waals surface area contributed by atoms with Gasteiger partial charge in [-0.05, 0) is 118 Å². The molecule has 4 heteroatoms. The van der Waals surface area contributed by atoms with Gasteiger partial charge in [-0.25, -0.2) is 0 Å². The molecular formula is C60H36N2O2. The highest BCUT2D eigenvalue weighted by molar-refractivity contribution is 6.15. The molecule has 0 atom stereocenters. The molecule has 0 aliphatic rings.